The lowest BCUT2D eigenvalue weighted by molar-refractivity contribution is -0.128. The Labute approximate surface area is 103 Å². The van der Waals surface area contributed by atoms with Gasteiger partial charge in [-0.25, -0.2) is 4.39 Å². The van der Waals surface area contributed by atoms with Crippen molar-refractivity contribution in [3.63, 3.8) is 0 Å². The summed E-state index contributed by atoms with van der Waals surface area (Å²) in [4.78, 5) is 37.1. The number of Topliss-reactive ketones (excluding diaryl/α,β-unsaturated/α-hetero) is 1. The number of hydrogen-bond donors (Lipinski definition) is 0. The lowest BCUT2D eigenvalue weighted by Gasteiger charge is -2.18. The van der Waals surface area contributed by atoms with Gasteiger partial charge in [-0.3, -0.25) is 19.3 Å². The molecule has 1 aromatic rings. The van der Waals surface area contributed by atoms with Gasteiger partial charge in [0.05, 0.1) is 11.3 Å². The lowest BCUT2D eigenvalue weighted by atomic mass is 10.1. The maximum absolute atomic E-state index is 13.7. The van der Waals surface area contributed by atoms with E-state index in [0.29, 0.717) is 0 Å². The number of carbonyl (C=O) groups is 3. The van der Waals surface area contributed by atoms with Crippen LogP contribution in [0.3, 0.4) is 0 Å². The van der Waals surface area contributed by atoms with E-state index >= 15 is 0 Å². The lowest BCUT2D eigenvalue weighted by Crippen LogP contribution is -2.39. The van der Waals surface area contributed by atoms with Crippen LogP contribution in [-0.4, -0.2) is 43.1 Å². The molecule has 2 rings (SSSR count). The molecule has 0 saturated heterocycles. The molecule has 0 atom stereocenters. The summed E-state index contributed by atoms with van der Waals surface area (Å²) in [5, 5.41) is 0. The minimum atomic E-state index is -0.870. The third-order valence-corrected chi connectivity index (χ3v) is 2.73. The van der Waals surface area contributed by atoms with E-state index in [-0.39, 0.29) is 23.7 Å². The first-order valence-electron chi connectivity index (χ1n) is 5.28. The van der Waals surface area contributed by atoms with E-state index in [4.69, 9.17) is 0 Å². The molecule has 0 fully saturated rings. The maximum Gasteiger partial charge on any atom is 0.300 e. The normalized spacial score (nSPS) is 13.8. The van der Waals surface area contributed by atoms with Crippen molar-refractivity contribution in [1.29, 1.82) is 0 Å². The number of ketones is 1. The molecule has 0 bridgehead atoms. The second kappa shape index (κ2) is 4.21. The summed E-state index contributed by atoms with van der Waals surface area (Å²) in [5.41, 5.74) is -0.103. The molecule has 1 aliphatic rings. The predicted molar refractivity (Wildman–Crippen MR) is 61.8 cm³/mol. The molecular weight excluding hydrogens is 239 g/mol. The van der Waals surface area contributed by atoms with Gasteiger partial charge in [-0.05, 0) is 12.1 Å². The van der Waals surface area contributed by atoms with E-state index in [1.807, 2.05) is 0 Å². The Hall–Kier alpha value is -2.24. The highest BCUT2D eigenvalue weighted by Crippen LogP contribution is 2.31. The Morgan fingerprint density at radius 1 is 1.33 bits per heavy atom. The van der Waals surface area contributed by atoms with Crippen LogP contribution in [0.2, 0.25) is 0 Å². The van der Waals surface area contributed by atoms with Crippen molar-refractivity contribution < 1.29 is 18.8 Å². The van der Waals surface area contributed by atoms with Crippen LogP contribution in [0.5, 0.6) is 0 Å². The summed E-state index contributed by atoms with van der Waals surface area (Å²) in [5.74, 6) is -2.72. The van der Waals surface area contributed by atoms with Gasteiger partial charge in [-0.15, -0.1) is 0 Å². The van der Waals surface area contributed by atoms with Gasteiger partial charge < -0.3 is 4.90 Å². The van der Waals surface area contributed by atoms with Gasteiger partial charge >= 0.3 is 0 Å². The molecule has 1 aliphatic heterocycles. The molecular formula is C12H11FN2O3. The van der Waals surface area contributed by atoms with Crippen molar-refractivity contribution in [3.8, 4) is 0 Å². The average Bonchev–Trinajstić information content (AvgIpc) is 2.56. The van der Waals surface area contributed by atoms with E-state index in [9.17, 15) is 18.8 Å². The summed E-state index contributed by atoms with van der Waals surface area (Å²) in [6, 6.07) is 3.88. The summed E-state index contributed by atoms with van der Waals surface area (Å²) in [7, 11) is 3.04. The first-order chi connectivity index (χ1) is 8.43. The topological polar surface area (TPSA) is 57.7 Å². The van der Waals surface area contributed by atoms with Gasteiger partial charge in [0.1, 0.15) is 12.4 Å². The molecule has 0 aliphatic carbocycles. The van der Waals surface area contributed by atoms with Gasteiger partial charge in [-0.2, -0.15) is 0 Å². The standard InChI is InChI=1S/C12H11FN2O3/c1-14(2)9(16)6-15-10-7(11(17)12(15)18)4-3-5-8(10)13/h3-5H,6H2,1-2H3. The Morgan fingerprint density at radius 2 is 2.00 bits per heavy atom. The fourth-order valence-corrected chi connectivity index (χ4v) is 1.74. The quantitative estimate of drug-likeness (QED) is 0.716. The number of nitrogens with zero attached hydrogens (tertiary/aromatic N) is 2. The predicted octanol–water partition coefficient (Wildman–Crippen LogP) is 0.443. The van der Waals surface area contributed by atoms with E-state index in [2.05, 4.69) is 0 Å². The highest BCUT2D eigenvalue weighted by atomic mass is 19.1. The van der Waals surface area contributed by atoms with Gasteiger partial charge in [0.15, 0.2) is 0 Å². The molecule has 94 valence electrons. The van der Waals surface area contributed by atoms with Crippen LogP contribution in [0.15, 0.2) is 18.2 Å². The van der Waals surface area contributed by atoms with Crippen molar-refractivity contribution >= 4 is 23.3 Å². The minimum Gasteiger partial charge on any atom is -0.347 e. The van der Waals surface area contributed by atoms with Crippen molar-refractivity contribution in [1.82, 2.24) is 4.90 Å². The largest absolute Gasteiger partial charge is 0.347 e. The summed E-state index contributed by atoms with van der Waals surface area (Å²) in [6.07, 6.45) is 0. The fraction of sp³-hybridized carbons (Fsp3) is 0.250. The SMILES string of the molecule is CN(C)C(=O)CN1C(=O)C(=O)c2cccc(F)c21. The highest BCUT2D eigenvalue weighted by Gasteiger charge is 2.38. The summed E-state index contributed by atoms with van der Waals surface area (Å²) >= 11 is 0. The molecule has 5 nitrogen and oxygen atoms in total. The number of hydrogen-bond acceptors (Lipinski definition) is 3. The molecule has 0 unspecified atom stereocenters. The van der Waals surface area contributed by atoms with E-state index in [0.717, 1.165) is 11.0 Å². The van der Waals surface area contributed by atoms with Crippen LogP contribution >= 0.6 is 0 Å². The van der Waals surface area contributed by atoms with Gasteiger partial charge in [0.2, 0.25) is 5.91 Å². The minimum absolute atomic E-state index is 0.00607. The molecule has 0 spiro atoms. The second-order valence-electron chi connectivity index (χ2n) is 4.14. The van der Waals surface area contributed by atoms with Crippen LogP contribution in [0.1, 0.15) is 10.4 Å². The molecule has 2 amide bonds. The van der Waals surface area contributed by atoms with Crippen LogP contribution in [0, 0.1) is 5.82 Å². The number of amides is 2. The van der Waals surface area contributed by atoms with Gasteiger partial charge in [-0.1, -0.05) is 6.07 Å². The fourth-order valence-electron chi connectivity index (χ4n) is 1.74. The third kappa shape index (κ3) is 1.75. The van der Waals surface area contributed by atoms with Gasteiger partial charge in [0.25, 0.3) is 11.7 Å². The van der Waals surface area contributed by atoms with Gasteiger partial charge in [0, 0.05) is 14.1 Å². The first-order valence-corrected chi connectivity index (χ1v) is 5.28. The number of halogens is 1. The molecule has 6 heteroatoms. The van der Waals surface area contributed by atoms with Crippen molar-refractivity contribution in [3.05, 3.63) is 29.6 Å². The van der Waals surface area contributed by atoms with Crippen LogP contribution in [-0.2, 0) is 9.59 Å². The second-order valence-corrected chi connectivity index (χ2v) is 4.14. The highest BCUT2D eigenvalue weighted by molar-refractivity contribution is 6.52. The molecule has 0 saturated carbocycles. The number of para-hydroxylation sites is 1. The third-order valence-electron chi connectivity index (χ3n) is 2.73. The first kappa shape index (κ1) is 12.2. The van der Waals surface area contributed by atoms with Crippen LogP contribution in [0.25, 0.3) is 0 Å². The van der Waals surface area contributed by atoms with Crippen molar-refractivity contribution in [2.45, 2.75) is 0 Å². The number of rotatable bonds is 2. The van der Waals surface area contributed by atoms with Crippen molar-refractivity contribution in [2.24, 2.45) is 0 Å². The molecule has 0 radical (unpaired) electrons. The number of carbonyl (C=O) groups excluding carboxylic acids is 3. The summed E-state index contributed by atoms with van der Waals surface area (Å²) < 4.78 is 13.7. The Kier molecular flexibility index (Phi) is 2.86. The van der Waals surface area contributed by atoms with E-state index in [1.54, 1.807) is 0 Å². The van der Waals surface area contributed by atoms with E-state index < -0.39 is 17.5 Å². The Morgan fingerprint density at radius 3 is 2.61 bits per heavy atom. The van der Waals surface area contributed by atoms with Crippen LogP contribution in [0.4, 0.5) is 10.1 Å². The Balaban J connectivity index is 2.43. The smallest absolute Gasteiger partial charge is 0.300 e. The molecule has 0 aromatic heterocycles. The number of fused-ring (bicyclic) bond motifs is 1. The average molecular weight is 250 g/mol. The number of benzene rings is 1. The molecule has 0 N–H and O–H groups in total. The summed E-state index contributed by atoms with van der Waals surface area (Å²) in [6.45, 7) is -0.342. The molecule has 1 heterocycles. The van der Waals surface area contributed by atoms with E-state index in [1.165, 1.54) is 31.1 Å². The molecule has 18 heavy (non-hydrogen) atoms. The maximum atomic E-state index is 13.7. The van der Waals surface area contributed by atoms with Crippen molar-refractivity contribution in [2.75, 3.05) is 25.5 Å². The zero-order valence-corrected chi connectivity index (χ0v) is 9.94. The zero-order chi connectivity index (χ0) is 13.4. The zero-order valence-electron chi connectivity index (χ0n) is 9.94. The Bertz CT molecular complexity index is 554. The number of likely N-dealkylation sites (N-methyl/N-ethyl adjacent to an activating group) is 1. The number of anilines is 1. The molecule has 1 aromatic carbocycles. The monoisotopic (exact) mass is 250 g/mol. The van der Waals surface area contributed by atoms with Crippen LogP contribution < -0.4 is 4.90 Å².